The molecule has 1 amide bonds. The van der Waals surface area contributed by atoms with Gasteiger partial charge in [0.2, 0.25) is 0 Å². The van der Waals surface area contributed by atoms with Gasteiger partial charge in [-0.2, -0.15) is 5.26 Å². The molecule has 0 unspecified atom stereocenters. The van der Waals surface area contributed by atoms with E-state index in [-0.39, 0.29) is 16.2 Å². The molecule has 0 saturated carbocycles. The van der Waals surface area contributed by atoms with Crippen molar-refractivity contribution in [3.63, 3.8) is 0 Å². The van der Waals surface area contributed by atoms with Crippen molar-refractivity contribution in [3.8, 4) is 16.8 Å². The predicted octanol–water partition coefficient (Wildman–Crippen LogP) is 2.39. The highest BCUT2D eigenvalue weighted by atomic mass is 32.2. The first kappa shape index (κ1) is 15.9. The van der Waals surface area contributed by atoms with Crippen molar-refractivity contribution in [1.29, 1.82) is 5.26 Å². The molecule has 1 aromatic carbocycles. The average Bonchev–Trinajstić information content (AvgIpc) is 3.25. The largest absolute Gasteiger partial charge is 0.462 e. The van der Waals surface area contributed by atoms with Crippen LogP contribution in [0.5, 0.6) is 0 Å². The van der Waals surface area contributed by atoms with Crippen molar-refractivity contribution in [1.82, 2.24) is 9.71 Å². The molecule has 3 rings (SSSR count). The van der Waals surface area contributed by atoms with E-state index < -0.39 is 15.9 Å². The number of furan rings is 1. The summed E-state index contributed by atoms with van der Waals surface area (Å²) >= 11 is 1.16. The van der Waals surface area contributed by atoms with Gasteiger partial charge in [-0.1, -0.05) is 6.07 Å². The fourth-order valence-electron chi connectivity index (χ4n) is 1.86. The van der Waals surface area contributed by atoms with Crippen LogP contribution in [0.3, 0.4) is 0 Å². The van der Waals surface area contributed by atoms with E-state index in [1.165, 1.54) is 35.9 Å². The van der Waals surface area contributed by atoms with E-state index in [0.29, 0.717) is 10.8 Å². The van der Waals surface area contributed by atoms with Gasteiger partial charge in [0.15, 0.2) is 10.8 Å². The molecule has 0 aliphatic carbocycles. The first-order valence-corrected chi connectivity index (χ1v) is 8.92. The Morgan fingerprint density at radius 1 is 1.29 bits per heavy atom. The third kappa shape index (κ3) is 3.19. The van der Waals surface area contributed by atoms with Crippen LogP contribution in [-0.2, 0) is 10.0 Å². The second kappa shape index (κ2) is 6.27. The van der Waals surface area contributed by atoms with Gasteiger partial charge in [-0.15, -0.1) is 11.3 Å². The third-order valence-electron chi connectivity index (χ3n) is 2.97. The van der Waals surface area contributed by atoms with Crippen LogP contribution < -0.4 is 4.72 Å². The van der Waals surface area contributed by atoms with Gasteiger partial charge in [-0.3, -0.25) is 4.79 Å². The summed E-state index contributed by atoms with van der Waals surface area (Å²) < 4.78 is 31.6. The molecule has 3 aromatic rings. The zero-order valence-corrected chi connectivity index (χ0v) is 13.6. The fourth-order valence-corrected chi connectivity index (χ4v) is 3.63. The van der Waals surface area contributed by atoms with Crippen LogP contribution in [0.1, 0.15) is 16.1 Å². The zero-order chi connectivity index (χ0) is 17.2. The van der Waals surface area contributed by atoms with Crippen molar-refractivity contribution in [3.05, 3.63) is 59.3 Å². The van der Waals surface area contributed by atoms with Gasteiger partial charge in [0, 0.05) is 5.38 Å². The highest BCUT2D eigenvalue weighted by molar-refractivity contribution is 7.90. The van der Waals surface area contributed by atoms with Crippen LogP contribution in [0, 0.1) is 11.3 Å². The van der Waals surface area contributed by atoms with Crippen molar-refractivity contribution >= 4 is 27.3 Å². The quantitative estimate of drug-likeness (QED) is 0.765. The summed E-state index contributed by atoms with van der Waals surface area (Å²) in [7, 11) is -4.09. The number of hydrogen-bond acceptors (Lipinski definition) is 7. The van der Waals surface area contributed by atoms with Gasteiger partial charge in [-0.05, 0) is 30.3 Å². The van der Waals surface area contributed by atoms with Crippen LogP contribution in [-0.4, -0.2) is 19.3 Å². The molecule has 0 bridgehead atoms. The molecule has 0 saturated heterocycles. The van der Waals surface area contributed by atoms with Crippen LogP contribution in [0.2, 0.25) is 0 Å². The fraction of sp³-hybridized carbons (Fsp3) is 0. The molecule has 9 heteroatoms. The van der Waals surface area contributed by atoms with Gasteiger partial charge in [0.25, 0.3) is 15.9 Å². The Kier molecular flexibility index (Phi) is 4.16. The maximum atomic E-state index is 12.2. The minimum atomic E-state index is -4.09. The molecule has 0 radical (unpaired) electrons. The molecule has 7 nitrogen and oxygen atoms in total. The van der Waals surface area contributed by atoms with Crippen LogP contribution >= 0.6 is 11.3 Å². The Labute approximate surface area is 141 Å². The number of carbonyl (C=O) groups excluding carboxylic acids is 1. The van der Waals surface area contributed by atoms with E-state index in [9.17, 15) is 13.2 Å². The number of carbonyl (C=O) groups is 1. The average molecular weight is 359 g/mol. The van der Waals surface area contributed by atoms with Crippen molar-refractivity contribution in [2.75, 3.05) is 0 Å². The van der Waals surface area contributed by atoms with Crippen molar-refractivity contribution in [2.45, 2.75) is 4.90 Å². The minimum Gasteiger partial charge on any atom is -0.462 e. The number of nitrogens with zero attached hydrogens (tertiary/aromatic N) is 2. The molecular formula is C15H9N3O4S2. The maximum absolute atomic E-state index is 12.2. The molecule has 0 aliphatic rings. The number of benzene rings is 1. The molecule has 0 atom stereocenters. The summed E-state index contributed by atoms with van der Waals surface area (Å²) in [4.78, 5) is 16.0. The lowest BCUT2D eigenvalue weighted by molar-refractivity contribution is 0.0977. The lowest BCUT2D eigenvalue weighted by atomic mass is 10.2. The molecule has 0 aliphatic heterocycles. The summed E-state index contributed by atoms with van der Waals surface area (Å²) in [6.07, 6.45) is 1.48. The van der Waals surface area contributed by atoms with Gasteiger partial charge in [0.05, 0.1) is 22.8 Å². The molecular weight excluding hydrogens is 350 g/mol. The van der Waals surface area contributed by atoms with Crippen molar-refractivity contribution in [2.24, 2.45) is 0 Å². The van der Waals surface area contributed by atoms with E-state index in [1.807, 2.05) is 10.8 Å². The first-order chi connectivity index (χ1) is 11.5. The van der Waals surface area contributed by atoms with E-state index >= 15 is 0 Å². The SMILES string of the molecule is N#Cc1cccc(S(=O)(=O)NC(=O)c2csc(-c3ccco3)n2)c1. The normalized spacial score (nSPS) is 11.0. The van der Waals surface area contributed by atoms with Gasteiger partial charge < -0.3 is 4.42 Å². The Morgan fingerprint density at radius 3 is 2.83 bits per heavy atom. The number of aromatic nitrogens is 1. The summed E-state index contributed by atoms with van der Waals surface area (Å²) in [6, 6.07) is 10.6. The second-order valence-corrected chi connectivity index (χ2v) is 7.13. The topological polar surface area (TPSA) is 113 Å². The Morgan fingerprint density at radius 2 is 2.12 bits per heavy atom. The second-order valence-electron chi connectivity index (χ2n) is 4.59. The number of amides is 1. The maximum Gasteiger partial charge on any atom is 0.284 e. The van der Waals surface area contributed by atoms with E-state index in [2.05, 4.69) is 4.98 Å². The Hall–Kier alpha value is -2.96. The molecule has 120 valence electrons. The number of nitriles is 1. The van der Waals surface area contributed by atoms with Gasteiger partial charge >= 0.3 is 0 Å². The first-order valence-electron chi connectivity index (χ1n) is 6.56. The summed E-state index contributed by atoms with van der Waals surface area (Å²) in [5, 5.41) is 10.7. The summed E-state index contributed by atoms with van der Waals surface area (Å²) in [5.74, 6) is -0.366. The Bertz CT molecular complexity index is 1030. The number of thiazole rings is 1. The summed E-state index contributed by atoms with van der Waals surface area (Å²) in [6.45, 7) is 0. The Balaban J connectivity index is 1.82. The van der Waals surface area contributed by atoms with Crippen LogP contribution in [0.15, 0.2) is 57.4 Å². The van der Waals surface area contributed by atoms with Gasteiger partial charge in [-0.25, -0.2) is 18.1 Å². The number of nitrogens with one attached hydrogen (secondary N) is 1. The number of sulfonamides is 1. The standard InChI is InChI=1S/C15H9N3O4S2/c16-8-10-3-1-4-11(7-10)24(20,21)18-14(19)12-9-23-15(17-12)13-5-2-6-22-13/h1-7,9H,(H,18,19). The third-order valence-corrected chi connectivity index (χ3v) is 5.15. The molecule has 0 spiro atoms. The van der Waals surface area contributed by atoms with Gasteiger partial charge in [0.1, 0.15) is 5.69 Å². The lowest BCUT2D eigenvalue weighted by Gasteiger charge is -2.05. The zero-order valence-electron chi connectivity index (χ0n) is 12.0. The minimum absolute atomic E-state index is 0.0357. The van der Waals surface area contributed by atoms with Crippen LogP contribution in [0.25, 0.3) is 10.8 Å². The van der Waals surface area contributed by atoms with E-state index in [0.717, 1.165) is 11.3 Å². The molecule has 2 aromatic heterocycles. The molecule has 1 N–H and O–H groups in total. The predicted molar refractivity (Wildman–Crippen MR) is 85.6 cm³/mol. The highest BCUT2D eigenvalue weighted by Gasteiger charge is 2.21. The molecule has 24 heavy (non-hydrogen) atoms. The smallest absolute Gasteiger partial charge is 0.284 e. The summed E-state index contributed by atoms with van der Waals surface area (Å²) in [5.41, 5.74) is 0.144. The number of rotatable bonds is 4. The molecule has 2 heterocycles. The lowest BCUT2D eigenvalue weighted by Crippen LogP contribution is -2.30. The molecule has 0 fully saturated rings. The van der Waals surface area contributed by atoms with E-state index in [4.69, 9.17) is 9.68 Å². The monoisotopic (exact) mass is 359 g/mol. The van der Waals surface area contributed by atoms with Crippen molar-refractivity contribution < 1.29 is 17.6 Å². The van der Waals surface area contributed by atoms with Crippen LogP contribution in [0.4, 0.5) is 0 Å². The van der Waals surface area contributed by atoms with E-state index in [1.54, 1.807) is 12.1 Å². The highest BCUT2D eigenvalue weighted by Crippen LogP contribution is 2.24. The number of hydrogen-bond donors (Lipinski definition) is 1.